The van der Waals surface area contributed by atoms with Crippen LogP contribution in [0, 0.1) is 26.7 Å². The number of amides is 2. The Labute approximate surface area is 242 Å². The Kier molecular flexibility index (Phi) is 12.0. The molecule has 210 valence electrons. The molecule has 2 N–H and O–H groups in total. The van der Waals surface area contributed by atoms with Gasteiger partial charge in [0.2, 0.25) is 0 Å². The van der Waals surface area contributed by atoms with Gasteiger partial charge in [0, 0.05) is 55.3 Å². The second kappa shape index (κ2) is 15.7. The van der Waals surface area contributed by atoms with Crippen molar-refractivity contribution in [3.63, 3.8) is 0 Å². The van der Waals surface area contributed by atoms with E-state index in [0.29, 0.717) is 48.1 Å². The van der Waals surface area contributed by atoms with Gasteiger partial charge in [-0.3, -0.25) is 10.2 Å². The molecule has 13 heteroatoms. The molecule has 2 amide bonds. The first kappa shape index (κ1) is 30.7. The fourth-order valence-corrected chi connectivity index (χ4v) is 4.27. The molecule has 0 radical (unpaired) electrons. The smallest absolute Gasteiger partial charge is 0.320 e. The highest BCUT2D eigenvalue weighted by atomic mass is 35.5. The maximum atomic E-state index is 12.8. The van der Waals surface area contributed by atoms with Gasteiger partial charge in [-0.2, -0.15) is 10.2 Å². The Morgan fingerprint density at radius 2 is 1.93 bits per heavy atom. The van der Waals surface area contributed by atoms with Gasteiger partial charge in [0.25, 0.3) is 0 Å². The van der Waals surface area contributed by atoms with Gasteiger partial charge in [0.05, 0.1) is 24.9 Å². The molecule has 1 fully saturated rings. The highest BCUT2D eigenvalue weighted by Crippen LogP contribution is 2.29. The van der Waals surface area contributed by atoms with Crippen LogP contribution in [0.3, 0.4) is 0 Å². The van der Waals surface area contributed by atoms with Crippen LogP contribution in [0.5, 0.6) is 0 Å². The van der Waals surface area contributed by atoms with Crippen LogP contribution in [0.1, 0.15) is 11.4 Å². The fraction of sp³-hybridized carbons (Fsp3) is 0.296. The van der Waals surface area contributed by atoms with E-state index in [1.807, 2.05) is 49.6 Å². The molecule has 0 unspecified atom stereocenters. The number of carbonyl (C=O) groups excluding carboxylic acids is 1. The number of hydroxylamine groups is 2. The lowest BCUT2D eigenvalue weighted by Crippen LogP contribution is -2.41. The number of hydrogen-bond acceptors (Lipinski definition) is 9. The first-order valence-corrected chi connectivity index (χ1v) is 13.5. The number of methoxy groups -OCH3 is 1. The summed E-state index contributed by atoms with van der Waals surface area (Å²) in [5.41, 5.74) is 3.14. The van der Waals surface area contributed by atoms with Gasteiger partial charge in [0.1, 0.15) is 17.3 Å². The number of aromatic nitrogens is 5. The SMILES string of the molecule is C#C.COCCN1C[C@@H](NC(=O)Nc2c(C)c(-c3cnc(C)nc3)nn2-c2ccccc2)CO1.Clc1nccs1. The van der Waals surface area contributed by atoms with E-state index in [-0.39, 0.29) is 12.1 Å². The van der Waals surface area contributed by atoms with Gasteiger partial charge >= 0.3 is 6.03 Å². The van der Waals surface area contributed by atoms with E-state index in [1.165, 1.54) is 11.3 Å². The molecular formula is C27H31ClN8O3S. The average Bonchev–Trinajstić information content (AvgIpc) is 3.71. The van der Waals surface area contributed by atoms with Gasteiger partial charge in [-0.15, -0.1) is 24.2 Å². The summed E-state index contributed by atoms with van der Waals surface area (Å²) in [5, 5.41) is 14.3. The van der Waals surface area contributed by atoms with E-state index in [9.17, 15) is 4.79 Å². The standard InChI is InChI=1S/C22H27N7O3.C3H2ClNS.C2H2/c1-15-20(17-11-23-16(2)24-12-17)27-29(19-7-5-4-6-8-19)21(15)26-22(30)25-18-13-28(32-14-18)9-10-31-3;4-3-5-1-2-6-3;1-2/h4-8,11-12,18H,9-10,13-14H2,1-3H3,(H2,25,26,30);1-2H;1-2H/t18-;;/m1../s1. The number of rotatable bonds is 7. The van der Waals surface area contributed by atoms with Crippen molar-refractivity contribution in [1.29, 1.82) is 0 Å². The molecule has 4 heterocycles. The van der Waals surface area contributed by atoms with Crippen LogP contribution < -0.4 is 10.6 Å². The molecule has 1 aliphatic heterocycles. The molecule has 5 rings (SSSR count). The quantitative estimate of drug-likeness (QED) is 0.308. The first-order valence-electron chi connectivity index (χ1n) is 12.2. The predicted octanol–water partition coefficient (Wildman–Crippen LogP) is 4.38. The number of ether oxygens (including phenoxy) is 1. The van der Waals surface area contributed by atoms with Crippen molar-refractivity contribution < 1.29 is 14.4 Å². The van der Waals surface area contributed by atoms with Crippen LogP contribution in [0.2, 0.25) is 4.47 Å². The third-order valence-electron chi connectivity index (χ3n) is 5.57. The second-order valence-corrected chi connectivity index (χ2v) is 9.82. The van der Waals surface area contributed by atoms with E-state index in [4.69, 9.17) is 26.3 Å². The average molecular weight is 583 g/mol. The summed E-state index contributed by atoms with van der Waals surface area (Å²) in [4.78, 5) is 30.7. The Bertz CT molecular complexity index is 1350. The third-order valence-corrected chi connectivity index (χ3v) is 6.50. The molecule has 3 aromatic heterocycles. The molecule has 4 aromatic rings. The molecule has 1 aromatic carbocycles. The molecule has 0 saturated carbocycles. The minimum Gasteiger partial charge on any atom is -0.383 e. The lowest BCUT2D eigenvalue weighted by atomic mass is 10.1. The summed E-state index contributed by atoms with van der Waals surface area (Å²) in [7, 11) is 1.65. The number of benzene rings is 1. The predicted molar refractivity (Wildman–Crippen MR) is 156 cm³/mol. The highest BCUT2D eigenvalue weighted by Gasteiger charge is 2.26. The number of hydrogen-bond donors (Lipinski definition) is 2. The van der Waals surface area contributed by atoms with Crippen molar-refractivity contribution >= 4 is 34.8 Å². The summed E-state index contributed by atoms with van der Waals surface area (Å²) in [6, 6.07) is 9.21. The van der Waals surface area contributed by atoms with E-state index in [0.717, 1.165) is 16.8 Å². The van der Waals surface area contributed by atoms with Crippen LogP contribution in [0.25, 0.3) is 16.9 Å². The van der Waals surface area contributed by atoms with Crippen molar-refractivity contribution in [1.82, 2.24) is 35.1 Å². The van der Waals surface area contributed by atoms with Gasteiger partial charge in [-0.1, -0.05) is 29.8 Å². The first-order chi connectivity index (χ1) is 19.4. The summed E-state index contributed by atoms with van der Waals surface area (Å²) in [5.74, 6) is 1.27. The number of thiazole rings is 1. The number of anilines is 1. The van der Waals surface area contributed by atoms with Crippen molar-refractivity contribution in [3.8, 4) is 29.8 Å². The van der Waals surface area contributed by atoms with E-state index < -0.39 is 0 Å². The summed E-state index contributed by atoms with van der Waals surface area (Å²) < 4.78 is 7.40. The topological polar surface area (TPSA) is 119 Å². The number of halogens is 1. The monoisotopic (exact) mass is 582 g/mol. The molecule has 0 spiro atoms. The lowest BCUT2D eigenvalue weighted by Gasteiger charge is -2.15. The summed E-state index contributed by atoms with van der Waals surface area (Å²) >= 11 is 6.79. The van der Waals surface area contributed by atoms with Crippen LogP contribution in [-0.4, -0.2) is 75.3 Å². The number of para-hydroxylation sites is 1. The van der Waals surface area contributed by atoms with Crippen molar-refractivity contribution in [3.05, 3.63) is 70.2 Å². The molecule has 1 aliphatic rings. The Morgan fingerprint density at radius 1 is 1.20 bits per heavy atom. The summed E-state index contributed by atoms with van der Waals surface area (Å²) in [6.45, 7) is 5.99. The minimum absolute atomic E-state index is 0.120. The maximum absolute atomic E-state index is 12.8. The molecule has 11 nitrogen and oxygen atoms in total. The van der Waals surface area contributed by atoms with Gasteiger partial charge in [-0.05, 0) is 26.0 Å². The number of urea groups is 1. The van der Waals surface area contributed by atoms with Crippen LogP contribution >= 0.6 is 22.9 Å². The largest absolute Gasteiger partial charge is 0.383 e. The summed E-state index contributed by atoms with van der Waals surface area (Å²) in [6.07, 6.45) is 13.1. The number of nitrogens with one attached hydrogen (secondary N) is 2. The molecule has 1 saturated heterocycles. The van der Waals surface area contributed by atoms with Gasteiger partial charge in [-0.25, -0.2) is 24.4 Å². The number of carbonyl (C=O) groups is 1. The Balaban J connectivity index is 0.000000481. The molecule has 0 aliphatic carbocycles. The van der Waals surface area contributed by atoms with Gasteiger partial charge < -0.3 is 10.1 Å². The van der Waals surface area contributed by atoms with E-state index >= 15 is 0 Å². The Hall–Kier alpha value is -3.86. The van der Waals surface area contributed by atoms with Crippen LogP contribution in [0.15, 0.2) is 54.3 Å². The van der Waals surface area contributed by atoms with Crippen LogP contribution in [-0.2, 0) is 9.57 Å². The zero-order chi connectivity index (χ0) is 28.9. The fourth-order valence-electron chi connectivity index (χ4n) is 3.71. The zero-order valence-electron chi connectivity index (χ0n) is 22.5. The van der Waals surface area contributed by atoms with Crippen molar-refractivity contribution in [2.75, 3.05) is 38.7 Å². The maximum Gasteiger partial charge on any atom is 0.320 e. The van der Waals surface area contributed by atoms with E-state index in [1.54, 1.807) is 35.4 Å². The van der Waals surface area contributed by atoms with Gasteiger partial charge in [0.15, 0.2) is 4.47 Å². The lowest BCUT2D eigenvalue weighted by molar-refractivity contribution is -0.118. The second-order valence-electron chi connectivity index (χ2n) is 8.35. The molecular weight excluding hydrogens is 552 g/mol. The van der Waals surface area contributed by atoms with Crippen LogP contribution in [0.4, 0.5) is 10.6 Å². The number of aryl methyl sites for hydroxylation is 1. The van der Waals surface area contributed by atoms with Crippen molar-refractivity contribution in [2.24, 2.45) is 0 Å². The number of terminal acetylenes is 1. The van der Waals surface area contributed by atoms with E-state index in [2.05, 4.69) is 38.4 Å². The normalized spacial score (nSPS) is 14.4. The third kappa shape index (κ3) is 8.57. The molecule has 1 atom stereocenters. The molecule has 0 bridgehead atoms. The van der Waals surface area contributed by atoms with Crippen molar-refractivity contribution in [2.45, 2.75) is 19.9 Å². The molecule has 40 heavy (non-hydrogen) atoms. The zero-order valence-corrected chi connectivity index (χ0v) is 24.0. The number of nitrogens with zero attached hydrogens (tertiary/aromatic N) is 6. The minimum atomic E-state index is -0.320. The highest BCUT2D eigenvalue weighted by molar-refractivity contribution is 7.13. The Morgan fingerprint density at radius 3 is 2.52 bits per heavy atom.